The number of hydrogen-bond acceptors (Lipinski definition) is 7. The molecule has 0 bridgehead atoms. The van der Waals surface area contributed by atoms with E-state index in [0.29, 0.717) is 26.1 Å². The molecule has 2 N–H and O–H groups in total. The van der Waals surface area contributed by atoms with Gasteiger partial charge in [-0.05, 0) is 30.7 Å². The molecule has 0 aromatic carbocycles. The molecule has 0 amide bonds. The maximum absolute atomic E-state index is 13.1. The first-order valence-electron chi connectivity index (χ1n) is 9.91. The minimum Gasteiger partial charge on any atom is -0.384 e. The maximum atomic E-state index is 13.1. The van der Waals surface area contributed by atoms with E-state index >= 15 is 0 Å². The molecule has 1 saturated heterocycles. The number of ether oxygens (including phenoxy) is 1. The van der Waals surface area contributed by atoms with E-state index in [4.69, 9.17) is 10.5 Å². The second-order valence-electron chi connectivity index (χ2n) is 7.37. The Balaban J connectivity index is 1.88. The van der Waals surface area contributed by atoms with Gasteiger partial charge in [-0.25, -0.2) is 4.79 Å². The maximum Gasteiger partial charge on any atom is 0.332 e. The third-order valence-electron chi connectivity index (χ3n) is 5.12. The predicted molar refractivity (Wildman–Crippen MR) is 114 cm³/mol. The standard InChI is InChI=1S/C20H28N4O4S/c1-3-8-24-18(21)17(19(26)22(2)20(24)27)16(25)13-23(11-14-6-4-9-28-14)12-15-7-5-10-29-15/h5,7,10,14H,3-4,6,8-9,11-13,21H2,1-2H3. The number of thiophene rings is 1. The van der Waals surface area contributed by atoms with E-state index in [-0.39, 0.29) is 29.8 Å². The van der Waals surface area contributed by atoms with Gasteiger partial charge in [-0.15, -0.1) is 11.3 Å². The number of rotatable bonds is 9. The van der Waals surface area contributed by atoms with Crippen LogP contribution in [0.5, 0.6) is 0 Å². The van der Waals surface area contributed by atoms with Crippen molar-refractivity contribution in [2.24, 2.45) is 7.05 Å². The van der Waals surface area contributed by atoms with Crippen LogP contribution >= 0.6 is 11.3 Å². The number of nitrogens with zero attached hydrogens (tertiary/aromatic N) is 3. The van der Waals surface area contributed by atoms with Crippen LogP contribution in [0.25, 0.3) is 0 Å². The Bertz CT molecular complexity index is 958. The van der Waals surface area contributed by atoms with E-state index in [1.54, 1.807) is 11.3 Å². The van der Waals surface area contributed by atoms with E-state index in [9.17, 15) is 14.4 Å². The molecule has 3 rings (SSSR count). The molecule has 1 aliphatic heterocycles. The first-order valence-corrected chi connectivity index (χ1v) is 10.8. The molecule has 3 heterocycles. The van der Waals surface area contributed by atoms with E-state index in [0.717, 1.165) is 28.9 Å². The van der Waals surface area contributed by atoms with Crippen molar-refractivity contribution in [3.8, 4) is 0 Å². The van der Waals surface area contributed by atoms with Crippen molar-refractivity contribution in [2.75, 3.05) is 25.4 Å². The van der Waals surface area contributed by atoms with Gasteiger partial charge < -0.3 is 10.5 Å². The van der Waals surface area contributed by atoms with Gasteiger partial charge in [0.2, 0.25) is 0 Å². The number of carbonyl (C=O) groups excluding carboxylic acids is 1. The Kier molecular flexibility index (Phi) is 7.05. The Morgan fingerprint density at radius 1 is 1.41 bits per heavy atom. The summed E-state index contributed by atoms with van der Waals surface area (Å²) in [5, 5.41) is 2.00. The Hall–Kier alpha value is -2.23. The van der Waals surface area contributed by atoms with Crippen LogP contribution in [0, 0.1) is 0 Å². The van der Waals surface area contributed by atoms with Crippen molar-refractivity contribution in [1.82, 2.24) is 14.0 Å². The fourth-order valence-corrected chi connectivity index (χ4v) is 4.40. The van der Waals surface area contributed by atoms with E-state index in [1.165, 1.54) is 11.6 Å². The molecular formula is C20H28N4O4S. The second-order valence-corrected chi connectivity index (χ2v) is 8.40. The predicted octanol–water partition coefficient (Wildman–Crippen LogP) is 1.46. The molecule has 9 heteroatoms. The smallest absolute Gasteiger partial charge is 0.332 e. The number of anilines is 1. The third-order valence-corrected chi connectivity index (χ3v) is 5.98. The molecule has 2 aromatic rings. The van der Waals surface area contributed by atoms with Gasteiger partial charge in [-0.1, -0.05) is 13.0 Å². The Morgan fingerprint density at radius 2 is 2.21 bits per heavy atom. The number of ketones is 1. The van der Waals surface area contributed by atoms with Crippen molar-refractivity contribution in [1.29, 1.82) is 0 Å². The zero-order chi connectivity index (χ0) is 21.0. The topological polar surface area (TPSA) is 99.6 Å². The Morgan fingerprint density at radius 3 is 2.83 bits per heavy atom. The zero-order valence-corrected chi connectivity index (χ0v) is 17.7. The SMILES string of the molecule is CCCn1c(N)c(C(=O)CN(Cc2cccs2)CC2CCCO2)c(=O)n(C)c1=O. The lowest BCUT2D eigenvalue weighted by Crippen LogP contribution is -2.44. The van der Waals surface area contributed by atoms with Gasteiger partial charge in [0.15, 0.2) is 5.78 Å². The molecule has 0 saturated carbocycles. The molecule has 1 fully saturated rings. The fraction of sp³-hybridized carbons (Fsp3) is 0.550. The van der Waals surface area contributed by atoms with E-state index < -0.39 is 11.2 Å². The zero-order valence-electron chi connectivity index (χ0n) is 16.9. The molecule has 29 heavy (non-hydrogen) atoms. The van der Waals surface area contributed by atoms with Crippen LogP contribution in [0.4, 0.5) is 5.82 Å². The van der Waals surface area contributed by atoms with Gasteiger partial charge in [0.25, 0.3) is 5.56 Å². The van der Waals surface area contributed by atoms with Gasteiger partial charge in [-0.2, -0.15) is 0 Å². The number of Topliss-reactive ketones (excluding diaryl/α,β-unsaturated/α-hetero) is 1. The summed E-state index contributed by atoms with van der Waals surface area (Å²) in [5.41, 5.74) is 4.86. The molecule has 0 spiro atoms. The molecule has 1 aliphatic rings. The first kappa shape index (κ1) is 21.5. The lowest BCUT2D eigenvalue weighted by atomic mass is 10.1. The molecule has 0 radical (unpaired) electrons. The summed E-state index contributed by atoms with van der Waals surface area (Å²) in [7, 11) is 1.38. The molecule has 1 unspecified atom stereocenters. The normalized spacial score (nSPS) is 16.6. The van der Waals surface area contributed by atoms with Crippen LogP contribution in [0.3, 0.4) is 0 Å². The number of aromatic nitrogens is 2. The summed E-state index contributed by atoms with van der Waals surface area (Å²) in [6.07, 6.45) is 2.72. The summed E-state index contributed by atoms with van der Waals surface area (Å²) in [4.78, 5) is 41.3. The van der Waals surface area contributed by atoms with Gasteiger partial charge in [0, 0.05) is 38.2 Å². The molecular weight excluding hydrogens is 392 g/mol. The highest BCUT2D eigenvalue weighted by Crippen LogP contribution is 2.18. The van der Waals surface area contributed by atoms with Gasteiger partial charge in [-0.3, -0.25) is 23.6 Å². The van der Waals surface area contributed by atoms with Crippen molar-refractivity contribution in [2.45, 2.75) is 45.4 Å². The highest BCUT2D eigenvalue weighted by molar-refractivity contribution is 7.09. The van der Waals surface area contributed by atoms with E-state index in [2.05, 4.69) is 0 Å². The highest BCUT2D eigenvalue weighted by atomic mass is 32.1. The van der Waals surface area contributed by atoms with Gasteiger partial charge >= 0.3 is 5.69 Å². The van der Waals surface area contributed by atoms with Crippen molar-refractivity contribution in [3.63, 3.8) is 0 Å². The number of nitrogen functional groups attached to an aromatic ring is 1. The second kappa shape index (κ2) is 9.51. The number of carbonyl (C=O) groups is 1. The summed E-state index contributed by atoms with van der Waals surface area (Å²) in [5.74, 6) is -0.416. The van der Waals surface area contributed by atoms with Crippen molar-refractivity contribution >= 4 is 22.9 Å². The van der Waals surface area contributed by atoms with Crippen LogP contribution in [-0.2, 0) is 24.9 Å². The first-order chi connectivity index (χ1) is 13.9. The molecule has 8 nitrogen and oxygen atoms in total. The third kappa shape index (κ3) is 4.85. The van der Waals surface area contributed by atoms with Crippen LogP contribution in [0.1, 0.15) is 41.4 Å². The highest BCUT2D eigenvalue weighted by Gasteiger charge is 2.26. The van der Waals surface area contributed by atoms with Crippen LogP contribution < -0.4 is 17.0 Å². The van der Waals surface area contributed by atoms with Gasteiger partial charge in [0.1, 0.15) is 11.4 Å². The van der Waals surface area contributed by atoms with Crippen LogP contribution in [-0.4, -0.2) is 45.6 Å². The summed E-state index contributed by atoms with van der Waals surface area (Å²) in [6.45, 7) is 4.25. The number of nitrogens with two attached hydrogens (primary N) is 1. The lowest BCUT2D eigenvalue weighted by molar-refractivity contribution is 0.0652. The summed E-state index contributed by atoms with van der Waals surface area (Å²) in [6, 6.07) is 3.99. The van der Waals surface area contributed by atoms with E-state index in [1.807, 2.05) is 29.3 Å². The van der Waals surface area contributed by atoms with Crippen LogP contribution in [0.2, 0.25) is 0 Å². The number of hydrogen-bond donors (Lipinski definition) is 1. The summed E-state index contributed by atoms with van der Waals surface area (Å²) >= 11 is 1.62. The molecule has 0 aliphatic carbocycles. The fourth-order valence-electron chi connectivity index (χ4n) is 3.65. The van der Waals surface area contributed by atoms with Gasteiger partial charge in [0.05, 0.1) is 12.6 Å². The quantitative estimate of drug-likeness (QED) is 0.617. The molecule has 158 valence electrons. The average Bonchev–Trinajstić information content (AvgIpc) is 3.38. The minimum absolute atomic E-state index is 0.0432. The molecule has 2 aromatic heterocycles. The van der Waals surface area contributed by atoms with Crippen molar-refractivity contribution in [3.05, 3.63) is 48.8 Å². The largest absolute Gasteiger partial charge is 0.384 e. The Labute approximate surface area is 173 Å². The summed E-state index contributed by atoms with van der Waals surface area (Å²) < 4.78 is 8.00. The molecule has 1 atom stereocenters. The average molecular weight is 421 g/mol. The minimum atomic E-state index is -0.641. The lowest BCUT2D eigenvalue weighted by Gasteiger charge is -2.24. The van der Waals surface area contributed by atoms with Crippen LogP contribution in [0.15, 0.2) is 27.1 Å². The monoisotopic (exact) mass is 420 g/mol. The van der Waals surface area contributed by atoms with Crippen molar-refractivity contribution < 1.29 is 9.53 Å².